The van der Waals surface area contributed by atoms with Gasteiger partial charge in [0.1, 0.15) is 12.4 Å². The highest BCUT2D eigenvalue weighted by Crippen LogP contribution is 2.11. The fourth-order valence-corrected chi connectivity index (χ4v) is 3.46. The summed E-state index contributed by atoms with van der Waals surface area (Å²) in [4.78, 5) is 42.5. The number of rotatable bonds is 6. The summed E-state index contributed by atoms with van der Waals surface area (Å²) in [6.45, 7) is 1.74. The number of hydrogen-bond acceptors (Lipinski definition) is 4. The molecule has 2 heterocycles. The minimum atomic E-state index is -0.821. The fraction of sp³-hybridized carbons (Fsp3) is 0.167. The molecule has 1 amide bonds. The Morgan fingerprint density at radius 1 is 0.969 bits per heavy atom. The first-order valence-corrected chi connectivity index (χ1v) is 10.1. The van der Waals surface area contributed by atoms with Crippen LogP contribution >= 0.6 is 0 Å². The Morgan fingerprint density at radius 3 is 2.44 bits per heavy atom. The number of aromatic nitrogens is 3. The third kappa shape index (κ3) is 4.34. The van der Waals surface area contributed by atoms with Crippen molar-refractivity contribution in [1.82, 2.24) is 19.4 Å². The Kier molecular flexibility index (Phi) is 5.93. The van der Waals surface area contributed by atoms with Crippen LogP contribution in [0, 0.1) is 12.7 Å². The van der Waals surface area contributed by atoms with E-state index in [1.165, 1.54) is 16.8 Å². The van der Waals surface area contributed by atoms with Crippen molar-refractivity contribution in [2.45, 2.75) is 26.6 Å². The second-order valence-electron chi connectivity index (χ2n) is 7.48. The predicted molar refractivity (Wildman–Crippen MR) is 119 cm³/mol. The first-order valence-electron chi connectivity index (χ1n) is 10.1. The van der Waals surface area contributed by atoms with Crippen molar-refractivity contribution in [1.29, 1.82) is 0 Å². The lowest BCUT2D eigenvalue weighted by Crippen LogP contribution is -2.44. The van der Waals surface area contributed by atoms with Crippen LogP contribution in [0.5, 0.6) is 0 Å². The number of pyridine rings is 1. The molecule has 7 nitrogen and oxygen atoms in total. The van der Waals surface area contributed by atoms with E-state index in [-0.39, 0.29) is 19.6 Å². The second-order valence-corrected chi connectivity index (χ2v) is 7.48. The maximum Gasteiger partial charge on any atom is 0.318 e. The van der Waals surface area contributed by atoms with Gasteiger partial charge in [-0.25, -0.2) is 9.37 Å². The molecule has 162 valence electrons. The largest absolute Gasteiger partial charge is 0.350 e. The molecule has 0 saturated carbocycles. The van der Waals surface area contributed by atoms with Gasteiger partial charge in [0, 0.05) is 18.3 Å². The van der Waals surface area contributed by atoms with Crippen LogP contribution in [0.25, 0.3) is 11.2 Å². The lowest BCUT2D eigenvalue weighted by molar-refractivity contribution is -0.121. The zero-order valence-electron chi connectivity index (χ0n) is 17.4. The maximum atomic E-state index is 13.8. The number of carbonyl (C=O) groups is 1. The highest BCUT2D eigenvalue weighted by molar-refractivity contribution is 5.78. The van der Waals surface area contributed by atoms with Crippen molar-refractivity contribution in [3.8, 4) is 0 Å². The van der Waals surface area contributed by atoms with Crippen molar-refractivity contribution in [3.63, 3.8) is 0 Å². The van der Waals surface area contributed by atoms with Gasteiger partial charge in [-0.05, 0) is 30.7 Å². The van der Waals surface area contributed by atoms with E-state index in [0.29, 0.717) is 16.7 Å². The van der Waals surface area contributed by atoms with Gasteiger partial charge in [-0.3, -0.25) is 23.5 Å². The average Bonchev–Trinajstić information content (AvgIpc) is 2.80. The van der Waals surface area contributed by atoms with Gasteiger partial charge in [-0.15, -0.1) is 0 Å². The highest BCUT2D eigenvalue weighted by Gasteiger charge is 2.16. The van der Waals surface area contributed by atoms with Gasteiger partial charge in [0.2, 0.25) is 5.91 Å². The monoisotopic (exact) mass is 432 g/mol. The normalized spacial score (nSPS) is 10.9. The Bertz CT molecular complexity index is 1410. The number of benzene rings is 2. The maximum absolute atomic E-state index is 13.8. The molecule has 0 radical (unpaired) electrons. The third-order valence-corrected chi connectivity index (χ3v) is 5.18. The van der Waals surface area contributed by atoms with Crippen LogP contribution in [0.3, 0.4) is 0 Å². The Balaban J connectivity index is 1.65. The number of carbonyl (C=O) groups excluding carboxylic acids is 1. The number of fused-ring (bicyclic) bond motifs is 1. The molecule has 2 aromatic heterocycles. The van der Waals surface area contributed by atoms with E-state index in [1.54, 1.807) is 30.3 Å². The average molecular weight is 432 g/mol. The van der Waals surface area contributed by atoms with Gasteiger partial charge >= 0.3 is 11.1 Å². The number of nitrogens with zero attached hydrogens (tertiary/aromatic N) is 3. The standard InChI is InChI=1S/C24H21FN4O3/c1-16-8-10-17(11-9-16)14-29-22-20(7-4-12-26-22)28(23(31)24(29)32)15-21(30)27-13-18-5-2-3-6-19(18)25/h2-12H,13-15H2,1H3,(H,27,30). The minimum Gasteiger partial charge on any atom is -0.350 e. The molecule has 0 saturated heterocycles. The number of aryl methyl sites for hydroxylation is 1. The molecule has 4 aromatic rings. The lowest BCUT2D eigenvalue weighted by Gasteiger charge is -2.14. The summed E-state index contributed by atoms with van der Waals surface area (Å²) < 4.78 is 16.2. The topological polar surface area (TPSA) is 86.0 Å². The Hall–Kier alpha value is -4.07. The fourth-order valence-electron chi connectivity index (χ4n) is 3.46. The van der Waals surface area contributed by atoms with E-state index in [9.17, 15) is 18.8 Å². The Morgan fingerprint density at radius 2 is 1.69 bits per heavy atom. The molecular weight excluding hydrogens is 411 g/mol. The quantitative estimate of drug-likeness (QED) is 0.474. The molecular formula is C24H21FN4O3. The van der Waals surface area contributed by atoms with Gasteiger partial charge in [0.25, 0.3) is 0 Å². The van der Waals surface area contributed by atoms with Crippen LogP contribution in [-0.2, 0) is 24.4 Å². The van der Waals surface area contributed by atoms with Crippen LogP contribution in [0.2, 0.25) is 0 Å². The van der Waals surface area contributed by atoms with Gasteiger partial charge in [-0.1, -0.05) is 48.0 Å². The summed E-state index contributed by atoms with van der Waals surface area (Å²) in [5.74, 6) is -0.950. The van der Waals surface area contributed by atoms with Gasteiger partial charge < -0.3 is 5.32 Å². The summed E-state index contributed by atoms with van der Waals surface area (Å²) in [7, 11) is 0. The molecule has 4 rings (SSSR count). The van der Waals surface area contributed by atoms with Crippen LogP contribution in [-0.4, -0.2) is 20.0 Å². The second kappa shape index (κ2) is 8.97. The summed E-state index contributed by atoms with van der Waals surface area (Å²) in [6, 6.07) is 17.0. The van der Waals surface area contributed by atoms with Crippen LogP contribution in [0.15, 0.2) is 76.4 Å². The number of halogens is 1. The minimum absolute atomic E-state index is 0.0269. The van der Waals surface area contributed by atoms with Crippen LogP contribution in [0.1, 0.15) is 16.7 Å². The zero-order chi connectivity index (χ0) is 22.7. The first kappa shape index (κ1) is 21.2. The smallest absolute Gasteiger partial charge is 0.318 e. The van der Waals surface area contributed by atoms with Crippen molar-refractivity contribution in [3.05, 3.63) is 110 Å². The van der Waals surface area contributed by atoms with E-state index < -0.39 is 22.8 Å². The van der Waals surface area contributed by atoms with Crippen molar-refractivity contribution >= 4 is 17.1 Å². The molecule has 0 unspecified atom stereocenters. The molecule has 0 atom stereocenters. The lowest BCUT2D eigenvalue weighted by atomic mass is 10.1. The van der Waals surface area contributed by atoms with E-state index in [2.05, 4.69) is 10.3 Å². The molecule has 0 aliphatic heterocycles. The molecule has 0 spiro atoms. The van der Waals surface area contributed by atoms with Gasteiger partial charge in [-0.2, -0.15) is 0 Å². The van der Waals surface area contributed by atoms with E-state index in [0.717, 1.165) is 15.7 Å². The summed E-state index contributed by atoms with van der Waals surface area (Å²) >= 11 is 0. The molecule has 2 aromatic carbocycles. The SMILES string of the molecule is Cc1ccc(Cn2c(=O)c(=O)n(CC(=O)NCc3ccccc3F)c3cccnc32)cc1. The third-order valence-electron chi connectivity index (χ3n) is 5.18. The van der Waals surface area contributed by atoms with Crippen molar-refractivity contribution in [2.24, 2.45) is 0 Å². The van der Waals surface area contributed by atoms with Gasteiger partial charge in [0.05, 0.1) is 12.1 Å². The van der Waals surface area contributed by atoms with E-state index in [1.807, 2.05) is 31.2 Å². The van der Waals surface area contributed by atoms with Crippen LogP contribution in [0.4, 0.5) is 4.39 Å². The molecule has 8 heteroatoms. The van der Waals surface area contributed by atoms with Crippen molar-refractivity contribution < 1.29 is 9.18 Å². The summed E-state index contributed by atoms with van der Waals surface area (Å²) in [6.07, 6.45) is 1.53. The van der Waals surface area contributed by atoms with Crippen molar-refractivity contribution in [2.75, 3.05) is 0 Å². The predicted octanol–water partition coefficient (Wildman–Crippen LogP) is 2.37. The summed E-state index contributed by atoms with van der Waals surface area (Å²) in [5, 5.41) is 2.59. The summed E-state index contributed by atoms with van der Waals surface area (Å²) in [5.41, 5.74) is 1.35. The van der Waals surface area contributed by atoms with Crippen LogP contribution < -0.4 is 16.4 Å². The van der Waals surface area contributed by atoms with Gasteiger partial charge in [0.15, 0.2) is 5.65 Å². The molecule has 0 aliphatic rings. The first-order chi connectivity index (χ1) is 15.4. The number of nitrogens with one attached hydrogen (secondary N) is 1. The zero-order valence-corrected chi connectivity index (χ0v) is 17.4. The Labute approximate surface area is 182 Å². The van der Waals surface area contributed by atoms with E-state index in [4.69, 9.17) is 0 Å². The molecule has 1 N–H and O–H groups in total. The number of amides is 1. The molecule has 32 heavy (non-hydrogen) atoms. The number of hydrogen-bond donors (Lipinski definition) is 1. The molecule has 0 aliphatic carbocycles. The van der Waals surface area contributed by atoms with E-state index >= 15 is 0 Å². The highest BCUT2D eigenvalue weighted by atomic mass is 19.1. The molecule has 0 bridgehead atoms. The molecule has 0 fully saturated rings.